The average Bonchev–Trinajstić information content (AvgIpc) is 2.64. The van der Waals surface area contributed by atoms with Gasteiger partial charge in [0.15, 0.2) is 0 Å². The number of ether oxygens (including phenoxy) is 1. The maximum atomic E-state index is 12.3. The van der Waals surface area contributed by atoms with Gasteiger partial charge in [-0.3, -0.25) is 0 Å². The van der Waals surface area contributed by atoms with Crippen molar-refractivity contribution in [1.29, 1.82) is 0 Å². The third-order valence-corrected chi connectivity index (χ3v) is 5.96. The first-order valence-electron chi connectivity index (χ1n) is 7.70. The molecule has 0 aliphatic carbocycles. The van der Waals surface area contributed by atoms with Gasteiger partial charge in [0.05, 0.1) is 18.4 Å². The van der Waals surface area contributed by atoms with Crippen LogP contribution in [0.5, 0.6) is 0 Å². The second-order valence-corrected chi connectivity index (χ2v) is 9.16. The third-order valence-electron chi connectivity index (χ3n) is 3.99. The standard InChI is InChI=1S/C14H26N2O5S/c1-14(2,3)21-13(18)15-7-11-5-4-6-22(19,20)16(8-11)12(9-15)10-17/h11-12,17H,4-10H2,1-3H3/t11-,12+/m0/s1. The van der Waals surface area contributed by atoms with E-state index in [1.165, 1.54) is 9.21 Å². The van der Waals surface area contributed by atoms with Crippen LogP contribution < -0.4 is 0 Å². The highest BCUT2D eigenvalue weighted by Crippen LogP contribution is 2.26. The van der Waals surface area contributed by atoms with E-state index in [4.69, 9.17) is 4.74 Å². The molecule has 2 rings (SSSR count). The van der Waals surface area contributed by atoms with Gasteiger partial charge in [-0.1, -0.05) is 0 Å². The Balaban J connectivity index is 2.22. The Morgan fingerprint density at radius 1 is 1.27 bits per heavy atom. The van der Waals surface area contributed by atoms with Crippen molar-refractivity contribution in [3.8, 4) is 0 Å². The van der Waals surface area contributed by atoms with E-state index in [-0.39, 0.29) is 24.8 Å². The molecule has 0 radical (unpaired) electrons. The lowest BCUT2D eigenvalue weighted by atomic mass is 10.0. The molecule has 0 spiro atoms. The van der Waals surface area contributed by atoms with E-state index in [2.05, 4.69) is 0 Å². The summed E-state index contributed by atoms with van der Waals surface area (Å²) in [6.45, 7) is 6.09. The molecular formula is C14H26N2O5S. The summed E-state index contributed by atoms with van der Waals surface area (Å²) < 4.78 is 31.4. The molecule has 2 aliphatic heterocycles. The van der Waals surface area contributed by atoms with Crippen LogP contribution in [0.2, 0.25) is 0 Å². The van der Waals surface area contributed by atoms with Gasteiger partial charge in [-0.2, -0.15) is 4.31 Å². The highest BCUT2D eigenvalue weighted by Gasteiger charge is 2.40. The SMILES string of the molecule is CC(C)(C)OC(=O)N1C[C@@H]2CCCS(=O)(=O)N(C2)[C@@H](CO)C1. The summed E-state index contributed by atoms with van der Waals surface area (Å²) in [6, 6.07) is -0.597. The number of aliphatic hydroxyl groups excluding tert-OH is 1. The van der Waals surface area contributed by atoms with Crippen LogP contribution in [0, 0.1) is 5.92 Å². The Morgan fingerprint density at radius 2 is 1.95 bits per heavy atom. The molecule has 2 fully saturated rings. The number of amides is 1. The van der Waals surface area contributed by atoms with Crippen molar-refractivity contribution in [2.75, 3.05) is 32.0 Å². The predicted octanol–water partition coefficient (Wildman–Crippen LogP) is 0.640. The lowest BCUT2D eigenvalue weighted by molar-refractivity contribution is 0.0208. The number of hydrogen-bond donors (Lipinski definition) is 1. The van der Waals surface area contributed by atoms with E-state index in [9.17, 15) is 18.3 Å². The Morgan fingerprint density at radius 3 is 2.55 bits per heavy atom. The van der Waals surface area contributed by atoms with Crippen molar-refractivity contribution >= 4 is 16.1 Å². The predicted molar refractivity (Wildman–Crippen MR) is 81.9 cm³/mol. The fourth-order valence-electron chi connectivity index (χ4n) is 3.01. The van der Waals surface area contributed by atoms with Gasteiger partial charge >= 0.3 is 6.09 Å². The first-order valence-corrected chi connectivity index (χ1v) is 9.31. The number of hydrogen-bond acceptors (Lipinski definition) is 5. The Bertz CT molecular complexity index is 514. The third kappa shape index (κ3) is 4.11. The molecule has 0 aromatic heterocycles. The van der Waals surface area contributed by atoms with Gasteiger partial charge in [-0.05, 0) is 39.5 Å². The molecule has 1 unspecified atom stereocenters. The van der Waals surface area contributed by atoms with Crippen LogP contribution in [0.3, 0.4) is 0 Å². The van der Waals surface area contributed by atoms with Gasteiger partial charge in [-0.25, -0.2) is 13.2 Å². The fraction of sp³-hybridized carbons (Fsp3) is 0.929. The molecule has 1 N–H and O–H groups in total. The topological polar surface area (TPSA) is 87.2 Å². The second kappa shape index (κ2) is 6.33. The molecule has 2 saturated heterocycles. The zero-order valence-electron chi connectivity index (χ0n) is 13.5. The first-order chi connectivity index (χ1) is 10.1. The normalized spacial score (nSPS) is 32.0. The smallest absolute Gasteiger partial charge is 0.410 e. The minimum absolute atomic E-state index is 0.0846. The maximum absolute atomic E-state index is 12.3. The van der Waals surface area contributed by atoms with Crippen molar-refractivity contribution in [2.24, 2.45) is 5.92 Å². The first kappa shape index (κ1) is 17.5. The number of aliphatic hydroxyl groups is 1. The number of carbonyl (C=O) groups is 1. The monoisotopic (exact) mass is 334 g/mol. The van der Waals surface area contributed by atoms with Gasteiger partial charge in [-0.15, -0.1) is 0 Å². The summed E-state index contributed by atoms with van der Waals surface area (Å²) in [6.07, 6.45) is 0.896. The van der Waals surface area contributed by atoms with Crippen LogP contribution in [-0.4, -0.2) is 72.5 Å². The molecule has 2 heterocycles. The van der Waals surface area contributed by atoms with Crippen LogP contribution in [0.25, 0.3) is 0 Å². The summed E-state index contributed by atoms with van der Waals surface area (Å²) in [5.74, 6) is 0.202. The molecule has 22 heavy (non-hydrogen) atoms. The molecule has 2 aliphatic rings. The summed E-state index contributed by atoms with van der Waals surface area (Å²) >= 11 is 0. The zero-order valence-corrected chi connectivity index (χ0v) is 14.3. The molecule has 0 aromatic carbocycles. The lowest BCUT2D eigenvalue weighted by Crippen LogP contribution is -2.48. The van der Waals surface area contributed by atoms with E-state index < -0.39 is 27.8 Å². The molecule has 1 amide bonds. The fourth-order valence-corrected chi connectivity index (χ4v) is 4.80. The number of sulfonamides is 1. The summed E-state index contributed by atoms with van der Waals surface area (Å²) in [4.78, 5) is 13.9. The number of nitrogens with zero attached hydrogens (tertiary/aromatic N) is 2. The highest BCUT2D eigenvalue weighted by atomic mass is 32.2. The lowest BCUT2D eigenvalue weighted by Gasteiger charge is -2.31. The van der Waals surface area contributed by atoms with Gasteiger partial charge in [0.25, 0.3) is 0 Å². The van der Waals surface area contributed by atoms with Gasteiger partial charge in [0.1, 0.15) is 5.60 Å². The molecule has 8 heteroatoms. The highest BCUT2D eigenvalue weighted by molar-refractivity contribution is 7.89. The summed E-state index contributed by atoms with van der Waals surface area (Å²) in [5.41, 5.74) is -0.601. The summed E-state index contributed by atoms with van der Waals surface area (Å²) in [5, 5.41) is 9.60. The minimum atomic E-state index is -3.37. The molecule has 3 atom stereocenters. The quantitative estimate of drug-likeness (QED) is 0.760. The van der Waals surface area contributed by atoms with Crippen LogP contribution >= 0.6 is 0 Å². The van der Waals surface area contributed by atoms with Gasteiger partial charge in [0.2, 0.25) is 10.0 Å². The van der Waals surface area contributed by atoms with Crippen molar-refractivity contribution in [3.63, 3.8) is 0 Å². The van der Waals surface area contributed by atoms with Crippen molar-refractivity contribution in [2.45, 2.75) is 45.3 Å². The second-order valence-electron chi connectivity index (χ2n) is 7.12. The maximum Gasteiger partial charge on any atom is 0.410 e. The van der Waals surface area contributed by atoms with Crippen molar-refractivity contribution in [1.82, 2.24) is 9.21 Å². The zero-order chi connectivity index (χ0) is 16.5. The number of fused-ring (bicyclic) bond motifs is 2. The summed E-state index contributed by atoms with van der Waals surface area (Å²) in [7, 11) is -3.37. The molecule has 2 bridgehead atoms. The van der Waals surface area contributed by atoms with E-state index in [1.54, 1.807) is 20.8 Å². The van der Waals surface area contributed by atoms with Gasteiger partial charge < -0.3 is 14.7 Å². The van der Waals surface area contributed by atoms with E-state index in [0.29, 0.717) is 19.5 Å². The van der Waals surface area contributed by atoms with E-state index in [0.717, 1.165) is 6.42 Å². The number of rotatable bonds is 1. The van der Waals surface area contributed by atoms with Gasteiger partial charge in [0, 0.05) is 19.6 Å². The van der Waals surface area contributed by atoms with Crippen molar-refractivity contribution < 1.29 is 23.1 Å². The van der Waals surface area contributed by atoms with Crippen LogP contribution in [-0.2, 0) is 14.8 Å². The minimum Gasteiger partial charge on any atom is -0.444 e. The largest absolute Gasteiger partial charge is 0.444 e. The Kier molecular flexibility index (Phi) is 5.03. The van der Waals surface area contributed by atoms with Crippen molar-refractivity contribution in [3.05, 3.63) is 0 Å². The van der Waals surface area contributed by atoms with Crippen LogP contribution in [0.1, 0.15) is 33.6 Å². The molecule has 7 nitrogen and oxygen atoms in total. The average molecular weight is 334 g/mol. The number of carbonyl (C=O) groups excluding carboxylic acids is 1. The van der Waals surface area contributed by atoms with Crippen LogP contribution in [0.15, 0.2) is 0 Å². The molecule has 0 saturated carbocycles. The Labute approximate surface area is 132 Å². The van der Waals surface area contributed by atoms with E-state index >= 15 is 0 Å². The molecule has 0 aromatic rings. The molecule has 128 valence electrons. The Hall–Kier alpha value is -0.860. The van der Waals surface area contributed by atoms with E-state index in [1.807, 2.05) is 0 Å². The van der Waals surface area contributed by atoms with Crippen LogP contribution in [0.4, 0.5) is 4.79 Å². The molecular weight excluding hydrogens is 308 g/mol.